The molecule has 0 aromatic heterocycles. The summed E-state index contributed by atoms with van der Waals surface area (Å²) in [6.07, 6.45) is 13.3. The van der Waals surface area contributed by atoms with Gasteiger partial charge in [0.1, 0.15) is 11.6 Å². The highest BCUT2D eigenvalue weighted by Gasteiger charge is 2.27. The maximum absolute atomic E-state index is 15.0. The predicted molar refractivity (Wildman–Crippen MR) is 146 cm³/mol. The van der Waals surface area contributed by atoms with Crippen LogP contribution >= 0.6 is 0 Å². The van der Waals surface area contributed by atoms with Gasteiger partial charge < -0.3 is 4.74 Å². The maximum atomic E-state index is 15.0. The van der Waals surface area contributed by atoms with Crippen LogP contribution in [0.4, 0.5) is 26.3 Å². The second-order valence-corrected chi connectivity index (χ2v) is 15.1. The molecule has 0 bridgehead atoms. The average molecular weight is 571 g/mol. The van der Waals surface area contributed by atoms with Crippen molar-refractivity contribution in [3.63, 3.8) is 0 Å². The van der Waals surface area contributed by atoms with E-state index in [-0.39, 0.29) is 5.92 Å². The highest BCUT2D eigenvalue weighted by molar-refractivity contribution is 6.58. The topological polar surface area (TPSA) is 9.23 Å². The van der Waals surface area contributed by atoms with E-state index < -0.39 is 55.6 Å². The van der Waals surface area contributed by atoms with Crippen molar-refractivity contribution in [1.82, 2.24) is 0 Å². The quantitative estimate of drug-likeness (QED) is 0.148. The minimum Gasteiger partial charge on any atom is -0.429 e. The van der Waals surface area contributed by atoms with E-state index in [0.717, 1.165) is 31.6 Å². The molecule has 4 rings (SSSR count). The summed E-state index contributed by atoms with van der Waals surface area (Å²) < 4.78 is 86.9. The molecule has 1 saturated carbocycles. The minimum atomic E-state index is -3.43. The molecule has 8 heteroatoms. The first kappa shape index (κ1) is 30.0. The highest BCUT2D eigenvalue weighted by Crippen LogP contribution is 2.41. The zero-order valence-corrected chi connectivity index (χ0v) is 23.9. The number of hydrogen-bond donors (Lipinski definition) is 0. The van der Waals surface area contributed by atoms with Crippen LogP contribution in [0, 0.1) is 35.1 Å². The van der Waals surface area contributed by atoms with Crippen LogP contribution in [0.2, 0.25) is 18.1 Å². The number of halogens is 6. The first-order valence-electron chi connectivity index (χ1n) is 14.7. The molecule has 0 atom stereocenters. The molecule has 1 nitrogen and oxygen atoms in total. The van der Waals surface area contributed by atoms with Gasteiger partial charge in [-0.05, 0) is 78.8 Å². The van der Waals surface area contributed by atoms with Gasteiger partial charge in [-0.3, -0.25) is 0 Å². The summed E-state index contributed by atoms with van der Waals surface area (Å²) >= 11 is 0. The SMILES string of the molecule is CCCCC[Si@H]1CC[C@H](CC[C@H]2CC[C@H](c3cc(F)c(-c4cc(F)c(OC(F)F)c(F)c4)c(F)c3)CC2)CC1. The molecule has 0 unspecified atom stereocenters. The number of rotatable bonds is 11. The summed E-state index contributed by atoms with van der Waals surface area (Å²) in [5, 5.41) is 0. The average Bonchev–Trinajstić information content (AvgIpc) is 2.90. The Morgan fingerprint density at radius 2 is 1.33 bits per heavy atom. The summed E-state index contributed by atoms with van der Waals surface area (Å²) in [6.45, 7) is -1.16. The zero-order chi connectivity index (χ0) is 27.9. The van der Waals surface area contributed by atoms with E-state index in [1.165, 1.54) is 75.2 Å². The number of benzene rings is 2. The van der Waals surface area contributed by atoms with Crippen LogP contribution in [0.25, 0.3) is 11.1 Å². The molecule has 1 saturated heterocycles. The van der Waals surface area contributed by atoms with E-state index >= 15 is 8.78 Å². The van der Waals surface area contributed by atoms with Gasteiger partial charge in [0.2, 0.25) is 0 Å². The second-order valence-electron chi connectivity index (χ2n) is 11.7. The Morgan fingerprint density at radius 3 is 1.87 bits per heavy atom. The molecule has 2 aromatic rings. The van der Waals surface area contributed by atoms with Gasteiger partial charge in [0.25, 0.3) is 0 Å². The van der Waals surface area contributed by atoms with Gasteiger partial charge in [-0.25, -0.2) is 17.6 Å². The van der Waals surface area contributed by atoms with Crippen LogP contribution in [0.3, 0.4) is 0 Å². The van der Waals surface area contributed by atoms with Crippen LogP contribution in [0.5, 0.6) is 5.75 Å². The molecule has 1 aliphatic carbocycles. The minimum absolute atomic E-state index is 0.0409. The lowest BCUT2D eigenvalue weighted by Crippen LogP contribution is -2.22. The third kappa shape index (κ3) is 8.05. The van der Waals surface area contributed by atoms with Crippen molar-refractivity contribution in [2.45, 2.75) is 108 Å². The predicted octanol–water partition coefficient (Wildman–Crippen LogP) is 10.4. The van der Waals surface area contributed by atoms with Crippen LogP contribution in [-0.2, 0) is 0 Å². The number of unbranched alkanes of at least 4 members (excludes halogenated alkanes) is 2. The molecule has 216 valence electrons. The van der Waals surface area contributed by atoms with Gasteiger partial charge >= 0.3 is 6.61 Å². The first-order valence-corrected chi connectivity index (χ1v) is 17.1. The first-order chi connectivity index (χ1) is 18.7. The summed E-state index contributed by atoms with van der Waals surface area (Å²) in [6, 6.07) is 8.26. The molecule has 1 heterocycles. The van der Waals surface area contributed by atoms with Gasteiger partial charge in [0.05, 0.1) is 5.56 Å². The molecule has 1 aliphatic heterocycles. The molecule has 2 fully saturated rings. The number of hydrogen-bond acceptors (Lipinski definition) is 1. The summed E-state index contributed by atoms with van der Waals surface area (Å²) in [5.74, 6) is -4.46. The van der Waals surface area contributed by atoms with Crippen molar-refractivity contribution in [1.29, 1.82) is 0 Å². The smallest absolute Gasteiger partial charge is 0.387 e. The molecular formula is C31H40F6OSi. The summed E-state index contributed by atoms with van der Waals surface area (Å²) in [4.78, 5) is 0. The van der Waals surface area contributed by atoms with Crippen LogP contribution in [0.1, 0.15) is 89.0 Å². The molecule has 0 N–H and O–H groups in total. The van der Waals surface area contributed by atoms with E-state index in [1.807, 2.05) is 0 Å². The van der Waals surface area contributed by atoms with Gasteiger partial charge in [-0.2, -0.15) is 8.78 Å². The lowest BCUT2D eigenvalue weighted by molar-refractivity contribution is -0.0546. The Labute approximate surface area is 229 Å². The number of ether oxygens (including phenoxy) is 1. The third-order valence-corrected chi connectivity index (χ3v) is 12.6. The van der Waals surface area contributed by atoms with Crippen LogP contribution < -0.4 is 4.74 Å². The van der Waals surface area contributed by atoms with E-state index in [4.69, 9.17) is 0 Å². The third-order valence-electron chi connectivity index (χ3n) is 9.04. The van der Waals surface area contributed by atoms with Gasteiger partial charge in [-0.15, -0.1) is 0 Å². The van der Waals surface area contributed by atoms with Gasteiger partial charge in [0.15, 0.2) is 17.4 Å². The fraction of sp³-hybridized carbons (Fsp3) is 0.613. The Kier molecular flexibility index (Phi) is 10.8. The molecule has 2 aliphatic rings. The zero-order valence-electron chi connectivity index (χ0n) is 22.8. The van der Waals surface area contributed by atoms with Crippen molar-refractivity contribution in [2.75, 3.05) is 0 Å². The summed E-state index contributed by atoms with van der Waals surface area (Å²) in [5.41, 5.74) is -0.441. The van der Waals surface area contributed by atoms with Crippen molar-refractivity contribution in [3.8, 4) is 16.9 Å². The molecular weight excluding hydrogens is 530 g/mol. The Balaban J connectivity index is 1.29. The maximum Gasteiger partial charge on any atom is 0.387 e. The molecule has 39 heavy (non-hydrogen) atoms. The highest BCUT2D eigenvalue weighted by atomic mass is 28.3. The normalized spacial score (nSPS) is 23.8. The van der Waals surface area contributed by atoms with Crippen LogP contribution in [0.15, 0.2) is 24.3 Å². The van der Waals surface area contributed by atoms with Crippen molar-refractivity contribution in [2.24, 2.45) is 11.8 Å². The molecule has 0 amide bonds. The molecule has 0 radical (unpaired) electrons. The van der Waals surface area contributed by atoms with Crippen molar-refractivity contribution < 1.29 is 31.1 Å². The van der Waals surface area contributed by atoms with Gasteiger partial charge in [-0.1, -0.05) is 70.0 Å². The summed E-state index contributed by atoms with van der Waals surface area (Å²) in [7, 11) is -0.475. The van der Waals surface area contributed by atoms with E-state index in [9.17, 15) is 17.6 Å². The Bertz CT molecular complexity index is 1030. The monoisotopic (exact) mass is 570 g/mol. The fourth-order valence-corrected chi connectivity index (χ4v) is 10.4. The van der Waals surface area contributed by atoms with E-state index in [2.05, 4.69) is 11.7 Å². The van der Waals surface area contributed by atoms with Gasteiger partial charge in [0, 0.05) is 8.80 Å². The standard InChI is InChI=1S/C31H40F6OSi/c1-2-3-4-13-39-14-11-21(12-15-39)6-5-20-7-9-22(10-8-20)23-16-25(32)29(26(33)17-23)24-18-27(34)30(28(35)19-24)38-31(36)37/h16-22,31,39H,2-15H2,1H3/t20-,21-,22-,39-. The van der Waals surface area contributed by atoms with E-state index in [0.29, 0.717) is 23.6 Å². The molecule has 0 spiro atoms. The lowest BCUT2D eigenvalue weighted by Gasteiger charge is -2.32. The van der Waals surface area contributed by atoms with E-state index in [1.54, 1.807) is 0 Å². The fourth-order valence-electron chi connectivity index (χ4n) is 6.76. The second kappa shape index (κ2) is 14.1. The Hall–Kier alpha value is -1.96. The Morgan fingerprint density at radius 1 is 0.769 bits per heavy atom. The largest absolute Gasteiger partial charge is 0.429 e. The van der Waals surface area contributed by atoms with Crippen LogP contribution in [-0.4, -0.2) is 15.4 Å². The molecule has 2 aromatic carbocycles. The van der Waals surface area contributed by atoms with Crippen molar-refractivity contribution in [3.05, 3.63) is 53.1 Å². The van der Waals surface area contributed by atoms with Crippen molar-refractivity contribution >= 4 is 8.80 Å². The lowest BCUT2D eigenvalue weighted by atomic mass is 9.76. The number of alkyl halides is 2.